The Labute approximate surface area is 216 Å². The Morgan fingerprint density at radius 1 is 1.17 bits per heavy atom. The maximum Gasteiger partial charge on any atom is 0.277 e. The van der Waals surface area contributed by atoms with E-state index in [1.54, 1.807) is 58.2 Å². The van der Waals surface area contributed by atoms with Crippen molar-refractivity contribution < 1.29 is 14.2 Å². The lowest BCUT2D eigenvalue weighted by molar-refractivity contribution is 0.0768. The van der Waals surface area contributed by atoms with Crippen LogP contribution in [0.1, 0.15) is 41.2 Å². The molecule has 0 aliphatic rings. The first-order valence-corrected chi connectivity index (χ1v) is 12.3. The van der Waals surface area contributed by atoms with E-state index in [1.807, 2.05) is 6.92 Å². The summed E-state index contributed by atoms with van der Waals surface area (Å²) in [6.45, 7) is 8.22. The topological polar surface area (TPSA) is 86.3 Å². The van der Waals surface area contributed by atoms with Gasteiger partial charge >= 0.3 is 0 Å². The van der Waals surface area contributed by atoms with E-state index in [0.717, 1.165) is 4.88 Å². The second-order valence-corrected chi connectivity index (χ2v) is 10.6. The number of hydrogen-bond acceptors (Lipinski definition) is 6. The third-order valence-electron chi connectivity index (χ3n) is 5.68. The molecule has 0 aliphatic carbocycles. The predicted octanol–water partition coefficient (Wildman–Crippen LogP) is 4.97. The lowest BCUT2D eigenvalue weighted by atomic mass is 10.0. The molecule has 4 aromatic rings. The van der Waals surface area contributed by atoms with Gasteiger partial charge in [-0.2, -0.15) is 0 Å². The minimum absolute atomic E-state index is 0.107. The highest BCUT2D eigenvalue weighted by Gasteiger charge is 2.23. The molecule has 1 N–H and O–H groups in total. The second-order valence-electron chi connectivity index (χ2n) is 9.02. The molecular formula is C26H25ClFN3O4S. The van der Waals surface area contributed by atoms with Crippen LogP contribution in [0.3, 0.4) is 0 Å². The molecule has 0 radical (unpaired) electrons. The third kappa shape index (κ3) is 4.86. The summed E-state index contributed by atoms with van der Waals surface area (Å²) in [5.41, 5.74) is 0.00959. The van der Waals surface area contributed by atoms with Crippen molar-refractivity contribution in [2.45, 2.75) is 46.8 Å². The number of thiophene rings is 1. The zero-order valence-electron chi connectivity index (χ0n) is 20.4. The Bertz CT molecular complexity index is 1580. The van der Waals surface area contributed by atoms with E-state index in [1.165, 1.54) is 32.7 Å². The van der Waals surface area contributed by atoms with Crippen LogP contribution in [0.4, 0.5) is 4.39 Å². The monoisotopic (exact) mass is 529 g/mol. The average molecular weight is 530 g/mol. The first-order chi connectivity index (χ1) is 16.9. The second kappa shape index (κ2) is 9.65. The molecule has 0 atom stereocenters. The number of pyridine rings is 3. The molecule has 0 fully saturated rings. The highest BCUT2D eigenvalue weighted by atomic mass is 35.5. The van der Waals surface area contributed by atoms with Gasteiger partial charge in [0, 0.05) is 34.6 Å². The van der Waals surface area contributed by atoms with E-state index in [0.29, 0.717) is 21.9 Å². The molecular weight excluding hydrogens is 505 g/mol. The summed E-state index contributed by atoms with van der Waals surface area (Å²) in [6.07, 6.45) is 3.15. The van der Waals surface area contributed by atoms with Gasteiger partial charge in [-0.05, 0) is 64.4 Å². The fourth-order valence-corrected chi connectivity index (χ4v) is 5.01. The van der Waals surface area contributed by atoms with Crippen molar-refractivity contribution in [3.05, 3.63) is 102 Å². The van der Waals surface area contributed by atoms with Crippen molar-refractivity contribution >= 4 is 22.9 Å². The maximum atomic E-state index is 14.1. The summed E-state index contributed by atoms with van der Waals surface area (Å²) in [7, 11) is 0. The van der Waals surface area contributed by atoms with E-state index in [4.69, 9.17) is 16.3 Å². The standard InChI is InChI=1S/C26H25ClFN3O4S/c1-14-9-18(28)19(29-12-14)13-35-21-10-15(2)31(25(33)23(21)27)20-11-22(36-16(20)3)30-8-6-7-17(24(30)32)26(4,5)34/h6-12,34H,13H2,1-5H3. The number of aliphatic hydroxyl groups is 1. The molecule has 4 rings (SSSR count). The zero-order valence-corrected chi connectivity index (χ0v) is 22.0. The van der Waals surface area contributed by atoms with E-state index in [-0.39, 0.29) is 34.2 Å². The number of aryl methyl sites for hydroxylation is 3. The fourth-order valence-electron chi connectivity index (χ4n) is 3.83. The number of aromatic nitrogens is 3. The summed E-state index contributed by atoms with van der Waals surface area (Å²) in [5, 5.41) is 10.8. The molecule has 0 bridgehead atoms. The Kier molecular flexibility index (Phi) is 6.92. The number of ether oxygens (including phenoxy) is 1. The van der Waals surface area contributed by atoms with Gasteiger partial charge in [0.1, 0.15) is 33.9 Å². The normalized spacial score (nSPS) is 11.7. The van der Waals surface area contributed by atoms with Crippen LogP contribution in [0.2, 0.25) is 5.02 Å². The van der Waals surface area contributed by atoms with Crippen LogP contribution < -0.4 is 15.9 Å². The first kappa shape index (κ1) is 25.8. The molecule has 0 aromatic carbocycles. The maximum absolute atomic E-state index is 14.1. The molecule has 7 nitrogen and oxygen atoms in total. The Morgan fingerprint density at radius 3 is 2.56 bits per heavy atom. The molecule has 0 amide bonds. The van der Waals surface area contributed by atoms with Crippen molar-refractivity contribution in [3.8, 4) is 16.4 Å². The highest BCUT2D eigenvalue weighted by molar-refractivity contribution is 7.14. The molecule has 0 saturated carbocycles. The van der Waals surface area contributed by atoms with Crippen LogP contribution in [0, 0.1) is 26.6 Å². The van der Waals surface area contributed by atoms with E-state index >= 15 is 0 Å². The smallest absolute Gasteiger partial charge is 0.277 e. The van der Waals surface area contributed by atoms with Crippen LogP contribution >= 0.6 is 22.9 Å². The molecule has 4 heterocycles. The largest absolute Gasteiger partial charge is 0.485 e. The van der Waals surface area contributed by atoms with Crippen LogP contribution in [0.25, 0.3) is 10.7 Å². The number of nitrogens with zero attached hydrogens (tertiary/aromatic N) is 3. The molecule has 10 heteroatoms. The quantitative estimate of drug-likeness (QED) is 0.381. The van der Waals surface area contributed by atoms with E-state index in [2.05, 4.69) is 4.98 Å². The van der Waals surface area contributed by atoms with Gasteiger partial charge < -0.3 is 9.84 Å². The predicted molar refractivity (Wildman–Crippen MR) is 139 cm³/mol. The van der Waals surface area contributed by atoms with Gasteiger partial charge in [0.2, 0.25) is 0 Å². The van der Waals surface area contributed by atoms with Crippen LogP contribution in [0.5, 0.6) is 5.75 Å². The van der Waals surface area contributed by atoms with Gasteiger partial charge in [-0.25, -0.2) is 4.39 Å². The van der Waals surface area contributed by atoms with Crippen LogP contribution in [0.15, 0.2) is 52.3 Å². The van der Waals surface area contributed by atoms with Gasteiger partial charge in [0.15, 0.2) is 0 Å². The van der Waals surface area contributed by atoms with Crippen molar-refractivity contribution in [1.82, 2.24) is 14.1 Å². The Morgan fingerprint density at radius 2 is 1.89 bits per heavy atom. The minimum atomic E-state index is -1.30. The lowest BCUT2D eigenvalue weighted by Crippen LogP contribution is -2.30. The van der Waals surface area contributed by atoms with Crippen molar-refractivity contribution in [2.75, 3.05) is 0 Å². The molecule has 188 valence electrons. The lowest BCUT2D eigenvalue weighted by Gasteiger charge is -2.17. The summed E-state index contributed by atoms with van der Waals surface area (Å²) in [4.78, 5) is 31.1. The average Bonchev–Trinajstić information content (AvgIpc) is 3.16. The van der Waals surface area contributed by atoms with Crippen molar-refractivity contribution in [2.24, 2.45) is 0 Å². The minimum Gasteiger partial charge on any atom is -0.485 e. The molecule has 0 spiro atoms. The van der Waals surface area contributed by atoms with E-state index < -0.39 is 17.0 Å². The third-order valence-corrected chi connectivity index (χ3v) is 7.07. The first-order valence-electron chi connectivity index (χ1n) is 11.1. The molecule has 36 heavy (non-hydrogen) atoms. The molecule has 0 saturated heterocycles. The van der Waals surface area contributed by atoms with Gasteiger partial charge in [0.25, 0.3) is 11.1 Å². The zero-order chi connectivity index (χ0) is 26.4. The highest BCUT2D eigenvalue weighted by Crippen LogP contribution is 2.30. The van der Waals surface area contributed by atoms with Gasteiger partial charge in [-0.1, -0.05) is 11.6 Å². The Hall–Kier alpha value is -3.27. The summed E-state index contributed by atoms with van der Waals surface area (Å²) >= 11 is 7.70. The number of hydrogen-bond donors (Lipinski definition) is 1. The molecule has 4 aromatic heterocycles. The SMILES string of the molecule is Cc1cnc(COc2cc(C)n(-c3cc(-n4cccc(C(C)(C)O)c4=O)sc3C)c(=O)c2Cl)c(F)c1. The van der Waals surface area contributed by atoms with Gasteiger partial charge in [0.05, 0.1) is 11.3 Å². The summed E-state index contributed by atoms with van der Waals surface area (Å²) < 4.78 is 22.7. The van der Waals surface area contributed by atoms with Crippen LogP contribution in [-0.2, 0) is 12.2 Å². The van der Waals surface area contributed by atoms with Crippen LogP contribution in [-0.4, -0.2) is 19.2 Å². The fraction of sp³-hybridized carbons (Fsp3) is 0.269. The summed E-state index contributed by atoms with van der Waals surface area (Å²) in [6, 6.07) is 7.97. The molecule has 0 unspecified atom stereocenters. The van der Waals surface area contributed by atoms with E-state index in [9.17, 15) is 19.1 Å². The number of rotatable bonds is 6. The van der Waals surface area contributed by atoms with Crippen molar-refractivity contribution in [1.29, 1.82) is 0 Å². The van der Waals surface area contributed by atoms with Gasteiger partial charge in [-0.15, -0.1) is 11.3 Å². The number of halogens is 2. The summed E-state index contributed by atoms with van der Waals surface area (Å²) in [5.74, 6) is -0.374. The Balaban J connectivity index is 1.72. The van der Waals surface area contributed by atoms with Crippen molar-refractivity contribution in [3.63, 3.8) is 0 Å². The molecule has 0 aliphatic heterocycles. The van der Waals surface area contributed by atoms with Gasteiger partial charge in [-0.3, -0.25) is 23.7 Å².